The van der Waals surface area contributed by atoms with E-state index in [0.29, 0.717) is 0 Å². The van der Waals surface area contributed by atoms with Crippen LogP contribution in [0.2, 0.25) is 0 Å². The van der Waals surface area contributed by atoms with Crippen molar-refractivity contribution in [1.29, 1.82) is 0 Å². The number of carboxylic acid groups (broad SMARTS) is 1. The third-order valence-electron chi connectivity index (χ3n) is 4.77. The number of hydrogen-bond acceptors (Lipinski definition) is 3. The molecule has 2 aliphatic heterocycles. The molecule has 0 saturated carbocycles. The van der Waals surface area contributed by atoms with E-state index in [-0.39, 0.29) is 0 Å². The van der Waals surface area contributed by atoms with Gasteiger partial charge in [-0.3, -0.25) is 9.69 Å². The summed E-state index contributed by atoms with van der Waals surface area (Å²) in [6, 6.07) is 7.51. The van der Waals surface area contributed by atoms with Crippen LogP contribution in [-0.2, 0) is 11.2 Å². The van der Waals surface area contributed by atoms with E-state index in [4.69, 9.17) is 0 Å². The van der Waals surface area contributed by atoms with Crippen molar-refractivity contribution in [3.05, 3.63) is 35.4 Å². The number of nitrogens with zero attached hydrogens (tertiary/aromatic N) is 2. The number of benzene rings is 1. The number of fused-ring (bicyclic) bond motifs is 1. The van der Waals surface area contributed by atoms with Gasteiger partial charge in [-0.15, -0.1) is 0 Å². The molecule has 21 heavy (non-hydrogen) atoms. The maximum atomic E-state index is 11.7. The predicted octanol–water partition coefficient (Wildman–Crippen LogP) is 2.16. The Kier molecular flexibility index (Phi) is 4.56. The summed E-state index contributed by atoms with van der Waals surface area (Å²) in [5.74, 6) is -0.721. The van der Waals surface area contributed by atoms with Crippen molar-refractivity contribution in [2.24, 2.45) is 0 Å². The molecule has 4 heteroatoms. The van der Waals surface area contributed by atoms with E-state index in [1.54, 1.807) is 0 Å². The zero-order valence-electron chi connectivity index (χ0n) is 12.5. The lowest BCUT2D eigenvalue weighted by Crippen LogP contribution is -2.44. The average molecular weight is 288 g/mol. The molecule has 0 bridgehead atoms. The Morgan fingerprint density at radius 1 is 1.10 bits per heavy atom. The van der Waals surface area contributed by atoms with E-state index in [0.717, 1.165) is 31.6 Å². The summed E-state index contributed by atoms with van der Waals surface area (Å²) in [4.78, 5) is 16.3. The summed E-state index contributed by atoms with van der Waals surface area (Å²) in [6.07, 6.45) is 4.86. The fourth-order valence-corrected chi connectivity index (χ4v) is 3.60. The van der Waals surface area contributed by atoms with Crippen LogP contribution in [0.4, 0.5) is 0 Å². The Morgan fingerprint density at radius 2 is 1.86 bits per heavy atom. The lowest BCUT2D eigenvalue weighted by Gasteiger charge is -2.36. The van der Waals surface area contributed by atoms with Gasteiger partial charge in [-0.25, -0.2) is 0 Å². The second kappa shape index (κ2) is 6.58. The highest BCUT2D eigenvalue weighted by molar-refractivity contribution is 5.76. The first-order valence-electron chi connectivity index (χ1n) is 8.03. The van der Waals surface area contributed by atoms with E-state index in [2.05, 4.69) is 15.9 Å². The Labute approximate surface area is 126 Å². The van der Waals surface area contributed by atoms with Crippen LogP contribution < -0.4 is 0 Å². The summed E-state index contributed by atoms with van der Waals surface area (Å²) < 4.78 is 0. The van der Waals surface area contributed by atoms with Crippen molar-refractivity contribution in [1.82, 2.24) is 9.80 Å². The zero-order chi connectivity index (χ0) is 14.7. The van der Waals surface area contributed by atoms with Gasteiger partial charge in [0.2, 0.25) is 0 Å². The van der Waals surface area contributed by atoms with Crippen LogP contribution in [0.15, 0.2) is 24.3 Å². The minimum atomic E-state index is -0.721. The molecule has 0 radical (unpaired) electrons. The summed E-state index contributed by atoms with van der Waals surface area (Å²) in [7, 11) is 0. The Morgan fingerprint density at radius 3 is 2.62 bits per heavy atom. The Hall–Kier alpha value is -1.39. The van der Waals surface area contributed by atoms with Gasteiger partial charge in [-0.2, -0.15) is 0 Å². The average Bonchev–Trinajstić information content (AvgIpc) is 2.53. The summed E-state index contributed by atoms with van der Waals surface area (Å²) in [6.45, 7) is 5.03. The maximum absolute atomic E-state index is 11.7. The van der Waals surface area contributed by atoms with Crippen LogP contribution in [0.3, 0.4) is 0 Å². The topological polar surface area (TPSA) is 43.8 Å². The van der Waals surface area contributed by atoms with E-state index in [9.17, 15) is 9.90 Å². The second-order valence-electron chi connectivity index (χ2n) is 6.13. The number of carbonyl (C=O) groups is 1. The largest absolute Gasteiger partial charge is 0.480 e. The van der Waals surface area contributed by atoms with Crippen LogP contribution in [0, 0.1) is 0 Å². The molecule has 2 heterocycles. The molecule has 1 N–H and O–H groups in total. The van der Waals surface area contributed by atoms with Crippen molar-refractivity contribution in [3.63, 3.8) is 0 Å². The van der Waals surface area contributed by atoms with Crippen molar-refractivity contribution < 1.29 is 9.90 Å². The molecule has 0 spiro atoms. The Bertz CT molecular complexity index is 497. The van der Waals surface area contributed by atoms with Gasteiger partial charge in [-0.1, -0.05) is 30.7 Å². The fourth-order valence-electron chi connectivity index (χ4n) is 3.60. The van der Waals surface area contributed by atoms with Crippen LogP contribution in [0.25, 0.3) is 0 Å². The van der Waals surface area contributed by atoms with Gasteiger partial charge in [0, 0.05) is 19.6 Å². The molecule has 1 unspecified atom stereocenters. The molecule has 4 nitrogen and oxygen atoms in total. The molecule has 0 aliphatic carbocycles. The molecule has 2 aliphatic rings. The summed E-state index contributed by atoms with van der Waals surface area (Å²) in [5, 5.41) is 9.64. The number of likely N-dealkylation sites (tertiary alicyclic amines) is 1. The molecule has 0 aromatic heterocycles. The zero-order valence-corrected chi connectivity index (χ0v) is 12.5. The minimum Gasteiger partial charge on any atom is -0.480 e. The van der Waals surface area contributed by atoms with Crippen molar-refractivity contribution in [2.45, 2.75) is 31.7 Å². The SMILES string of the molecule is O=C(O)C1c2ccccc2CCN1CCN1CCCCC1. The van der Waals surface area contributed by atoms with Crippen LogP contribution in [-0.4, -0.2) is 53.6 Å². The second-order valence-corrected chi connectivity index (χ2v) is 6.13. The first kappa shape index (κ1) is 14.5. The minimum absolute atomic E-state index is 0.472. The van der Waals surface area contributed by atoms with E-state index < -0.39 is 12.0 Å². The monoisotopic (exact) mass is 288 g/mol. The van der Waals surface area contributed by atoms with Gasteiger partial charge < -0.3 is 10.0 Å². The van der Waals surface area contributed by atoms with Gasteiger partial charge in [0.25, 0.3) is 0 Å². The van der Waals surface area contributed by atoms with Crippen molar-refractivity contribution in [3.8, 4) is 0 Å². The molecule has 0 amide bonds. The molecular formula is C17H24N2O2. The number of rotatable bonds is 4. The third-order valence-corrected chi connectivity index (χ3v) is 4.77. The Balaban J connectivity index is 1.68. The third kappa shape index (κ3) is 3.27. The molecule has 1 fully saturated rings. The van der Waals surface area contributed by atoms with Gasteiger partial charge in [0.05, 0.1) is 0 Å². The first-order chi connectivity index (χ1) is 10.3. The van der Waals surface area contributed by atoms with Gasteiger partial charge >= 0.3 is 5.97 Å². The molecule has 1 aromatic rings. The van der Waals surface area contributed by atoms with Gasteiger partial charge in [0.15, 0.2) is 0 Å². The lowest BCUT2D eigenvalue weighted by atomic mass is 9.92. The maximum Gasteiger partial charge on any atom is 0.325 e. The van der Waals surface area contributed by atoms with Crippen LogP contribution in [0.5, 0.6) is 0 Å². The fraction of sp³-hybridized carbons (Fsp3) is 0.588. The number of carboxylic acids is 1. The van der Waals surface area contributed by atoms with Gasteiger partial charge in [0.1, 0.15) is 6.04 Å². The van der Waals surface area contributed by atoms with Crippen LogP contribution in [0.1, 0.15) is 36.4 Å². The smallest absolute Gasteiger partial charge is 0.325 e. The quantitative estimate of drug-likeness (QED) is 0.922. The predicted molar refractivity (Wildman–Crippen MR) is 82.4 cm³/mol. The molecule has 1 aromatic carbocycles. The van der Waals surface area contributed by atoms with Crippen molar-refractivity contribution in [2.75, 3.05) is 32.7 Å². The highest BCUT2D eigenvalue weighted by Gasteiger charge is 2.32. The molecule has 1 saturated heterocycles. The van der Waals surface area contributed by atoms with E-state index >= 15 is 0 Å². The molecule has 1 atom stereocenters. The molecule has 114 valence electrons. The van der Waals surface area contributed by atoms with E-state index in [1.807, 2.05) is 18.2 Å². The first-order valence-corrected chi connectivity index (χ1v) is 8.03. The standard InChI is InChI=1S/C17H24N2O2/c20-17(21)16-15-7-3-2-6-14(15)8-11-19(16)13-12-18-9-4-1-5-10-18/h2-3,6-7,16H,1,4-5,8-13H2,(H,20,21). The van der Waals surface area contributed by atoms with Gasteiger partial charge in [-0.05, 0) is 43.5 Å². The highest BCUT2D eigenvalue weighted by atomic mass is 16.4. The van der Waals surface area contributed by atoms with Crippen molar-refractivity contribution >= 4 is 5.97 Å². The number of piperidine rings is 1. The number of hydrogen-bond donors (Lipinski definition) is 1. The normalized spacial score (nSPS) is 23.7. The van der Waals surface area contributed by atoms with E-state index in [1.165, 1.54) is 37.9 Å². The molecule has 3 rings (SSSR count). The molecular weight excluding hydrogens is 264 g/mol. The number of aliphatic carboxylic acids is 1. The van der Waals surface area contributed by atoms with Crippen LogP contribution >= 0.6 is 0 Å². The lowest BCUT2D eigenvalue weighted by molar-refractivity contribution is -0.144. The summed E-state index contributed by atoms with van der Waals surface area (Å²) >= 11 is 0. The highest BCUT2D eigenvalue weighted by Crippen LogP contribution is 2.29. The summed E-state index contributed by atoms with van der Waals surface area (Å²) in [5.41, 5.74) is 2.18.